The summed E-state index contributed by atoms with van der Waals surface area (Å²) in [7, 11) is 3.92. The van der Waals surface area contributed by atoms with Crippen LogP contribution in [0, 0.1) is 12.7 Å². The Morgan fingerprint density at radius 2 is 1.82 bits per heavy atom. The number of hydrogen-bond donors (Lipinski definition) is 2. The second kappa shape index (κ2) is 12.9. The number of amides is 2. The van der Waals surface area contributed by atoms with E-state index in [1.807, 2.05) is 13.0 Å². The van der Waals surface area contributed by atoms with Crippen molar-refractivity contribution in [2.45, 2.75) is 33.3 Å². The number of ether oxygens (including phenoxy) is 3. The fraction of sp³-hybridized carbons (Fsp3) is 0.250. The molecule has 0 saturated heterocycles. The molecule has 0 aliphatic carbocycles. The van der Waals surface area contributed by atoms with Gasteiger partial charge >= 0.3 is 6.09 Å². The van der Waals surface area contributed by atoms with Crippen molar-refractivity contribution >= 4 is 63.2 Å². The molecule has 0 spiro atoms. The van der Waals surface area contributed by atoms with Crippen LogP contribution in [-0.2, 0) is 9.53 Å². The molecule has 0 radical (unpaired) electrons. The lowest BCUT2D eigenvalue weighted by Gasteiger charge is -2.24. The summed E-state index contributed by atoms with van der Waals surface area (Å²) in [6.07, 6.45) is 1.67. The smallest absolute Gasteiger partial charge is 0.414 e. The Labute approximate surface area is 263 Å². The van der Waals surface area contributed by atoms with Crippen LogP contribution in [0.2, 0.25) is 5.02 Å². The molecular weight excluding hydrogens is 607 g/mol. The van der Waals surface area contributed by atoms with Crippen LogP contribution in [0.5, 0.6) is 11.5 Å². The van der Waals surface area contributed by atoms with Gasteiger partial charge in [-0.1, -0.05) is 30.3 Å². The summed E-state index contributed by atoms with van der Waals surface area (Å²) in [5, 5.41) is 5.87. The highest BCUT2D eigenvalue weighted by Gasteiger charge is 2.34. The molecule has 11 nitrogen and oxygen atoms in total. The molecule has 0 aliphatic rings. The van der Waals surface area contributed by atoms with Crippen LogP contribution in [0.25, 0.3) is 11.0 Å². The number of methoxy groups -OCH3 is 2. The van der Waals surface area contributed by atoms with Crippen molar-refractivity contribution in [3.8, 4) is 11.5 Å². The van der Waals surface area contributed by atoms with E-state index in [-0.39, 0.29) is 39.0 Å². The first-order chi connectivity index (χ1) is 21.2. The largest absolute Gasteiger partial charge is 0.495 e. The van der Waals surface area contributed by atoms with E-state index >= 15 is 4.39 Å². The number of ketones is 1. The summed E-state index contributed by atoms with van der Waals surface area (Å²) < 4.78 is 37.4. The molecule has 0 unspecified atom stereocenters. The minimum atomic E-state index is -1.05. The molecule has 2 aromatic carbocycles. The van der Waals surface area contributed by atoms with Crippen molar-refractivity contribution in [1.82, 2.24) is 4.98 Å². The first-order valence-electron chi connectivity index (χ1n) is 13.5. The topological polar surface area (TPSA) is 132 Å². The van der Waals surface area contributed by atoms with Crippen molar-refractivity contribution in [2.75, 3.05) is 36.8 Å². The molecule has 0 bridgehead atoms. The molecular formula is C32H32ClFN4O7. The number of furan rings is 1. The fourth-order valence-corrected chi connectivity index (χ4v) is 4.72. The summed E-state index contributed by atoms with van der Waals surface area (Å²) in [6, 6.07) is 8.06. The van der Waals surface area contributed by atoms with Crippen LogP contribution in [0.15, 0.2) is 53.6 Å². The van der Waals surface area contributed by atoms with E-state index in [2.05, 4.69) is 22.2 Å². The highest BCUT2D eigenvalue weighted by molar-refractivity contribution is 6.37. The lowest BCUT2D eigenvalue weighted by atomic mass is 10.0. The third-order valence-electron chi connectivity index (χ3n) is 6.53. The number of nitrogens with zero attached hydrogens (tertiary/aromatic N) is 2. The summed E-state index contributed by atoms with van der Waals surface area (Å²) in [6.45, 7) is 10.4. The number of nitrogens with one attached hydrogen (secondary N) is 2. The predicted molar refractivity (Wildman–Crippen MR) is 170 cm³/mol. The number of anilines is 4. The van der Waals surface area contributed by atoms with E-state index in [0.29, 0.717) is 11.4 Å². The lowest BCUT2D eigenvalue weighted by molar-refractivity contribution is -0.111. The summed E-state index contributed by atoms with van der Waals surface area (Å²) in [5.41, 5.74) is 0.398. The highest BCUT2D eigenvalue weighted by atomic mass is 35.5. The van der Waals surface area contributed by atoms with Crippen molar-refractivity contribution in [3.63, 3.8) is 0 Å². The number of para-hydroxylation sites is 1. The molecule has 236 valence electrons. The van der Waals surface area contributed by atoms with Crippen molar-refractivity contribution < 1.29 is 37.4 Å². The molecule has 4 rings (SSSR count). The van der Waals surface area contributed by atoms with E-state index < -0.39 is 40.5 Å². The Hall–Kier alpha value is -5.10. The van der Waals surface area contributed by atoms with Crippen molar-refractivity contribution in [1.29, 1.82) is 0 Å². The third-order valence-corrected chi connectivity index (χ3v) is 6.90. The fourth-order valence-electron chi connectivity index (χ4n) is 4.41. The summed E-state index contributed by atoms with van der Waals surface area (Å²) in [4.78, 5) is 44.8. The van der Waals surface area contributed by atoms with E-state index in [1.54, 1.807) is 39.0 Å². The Morgan fingerprint density at radius 1 is 1.13 bits per heavy atom. The van der Waals surface area contributed by atoms with Crippen LogP contribution >= 0.6 is 11.6 Å². The van der Waals surface area contributed by atoms with Gasteiger partial charge in [0.2, 0.25) is 11.7 Å². The molecule has 2 amide bonds. The maximum atomic E-state index is 15.6. The molecule has 2 N–H and O–H groups in total. The SMILES string of the molecule is C=CC(=O)Nc1cccc(C)c1Nc1cc2c(N(C)C(=O)OC(C)(C)C)c(C(=O)c3c(F)c(OC)cc(OC)c3Cl)oc2cn1. The number of fused-ring (bicyclic) bond motifs is 1. The zero-order valence-electron chi connectivity index (χ0n) is 25.8. The minimum absolute atomic E-state index is 0.0119. The molecule has 13 heteroatoms. The predicted octanol–water partition coefficient (Wildman–Crippen LogP) is 7.42. The normalized spacial score (nSPS) is 11.1. The second-order valence-corrected chi connectivity index (χ2v) is 11.2. The highest BCUT2D eigenvalue weighted by Crippen LogP contribution is 2.42. The maximum absolute atomic E-state index is 15.6. The summed E-state index contributed by atoms with van der Waals surface area (Å²) >= 11 is 6.41. The second-order valence-electron chi connectivity index (χ2n) is 10.8. The number of halogens is 2. The first-order valence-corrected chi connectivity index (χ1v) is 13.9. The number of carbonyl (C=O) groups is 3. The minimum Gasteiger partial charge on any atom is -0.495 e. The number of aryl methyl sites for hydroxylation is 1. The van der Waals surface area contributed by atoms with Gasteiger partial charge in [-0.25, -0.2) is 14.2 Å². The van der Waals surface area contributed by atoms with Crippen LogP contribution in [0.4, 0.5) is 32.1 Å². The number of benzene rings is 2. The van der Waals surface area contributed by atoms with Gasteiger partial charge in [0.05, 0.1) is 47.8 Å². The summed E-state index contributed by atoms with van der Waals surface area (Å²) in [5.74, 6) is -2.88. The Kier molecular flexibility index (Phi) is 9.38. The van der Waals surface area contributed by atoms with Gasteiger partial charge in [0.1, 0.15) is 22.9 Å². The first kappa shape index (κ1) is 32.8. The average molecular weight is 639 g/mol. The van der Waals surface area contributed by atoms with E-state index in [0.717, 1.165) is 16.5 Å². The zero-order chi connectivity index (χ0) is 33.2. The van der Waals surface area contributed by atoms with Crippen LogP contribution in [0.3, 0.4) is 0 Å². The van der Waals surface area contributed by atoms with Gasteiger partial charge in [-0.2, -0.15) is 0 Å². The number of aromatic nitrogens is 1. The van der Waals surface area contributed by atoms with Gasteiger partial charge < -0.3 is 29.3 Å². The monoisotopic (exact) mass is 638 g/mol. The Bertz CT molecular complexity index is 1800. The zero-order valence-corrected chi connectivity index (χ0v) is 26.5. The Morgan fingerprint density at radius 3 is 2.44 bits per heavy atom. The number of rotatable bonds is 9. The van der Waals surface area contributed by atoms with Gasteiger partial charge in [0.25, 0.3) is 0 Å². The molecule has 45 heavy (non-hydrogen) atoms. The standard InChI is InChI=1S/C32H32ClFN4O7/c1-9-23(39)36-18-12-10-11-16(2)27(18)37-22-13-17-21(15-35-22)44-30(28(17)38(6)31(41)45-32(3,4)5)29(40)24-25(33)19(42-7)14-20(43-8)26(24)34/h9-15H,1H2,2-8H3,(H,35,37)(H,36,39). The van der Waals surface area contributed by atoms with Crippen molar-refractivity contribution in [2.24, 2.45) is 0 Å². The van der Waals surface area contributed by atoms with Crippen LogP contribution in [0.1, 0.15) is 42.5 Å². The maximum Gasteiger partial charge on any atom is 0.414 e. The molecule has 4 aromatic rings. The number of carbonyl (C=O) groups excluding carboxylic acids is 3. The number of hydrogen-bond acceptors (Lipinski definition) is 9. The van der Waals surface area contributed by atoms with Gasteiger partial charge in [-0.05, 0) is 51.5 Å². The third kappa shape index (κ3) is 6.70. The van der Waals surface area contributed by atoms with E-state index in [1.165, 1.54) is 33.5 Å². The van der Waals surface area contributed by atoms with Crippen LogP contribution in [-0.4, -0.2) is 49.6 Å². The molecule has 2 heterocycles. The molecule has 0 aliphatic heterocycles. The van der Waals surface area contributed by atoms with Crippen LogP contribution < -0.4 is 25.0 Å². The van der Waals surface area contributed by atoms with Gasteiger partial charge in [-0.3, -0.25) is 14.5 Å². The quantitative estimate of drug-likeness (QED) is 0.142. The molecule has 0 fully saturated rings. The van der Waals surface area contributed by atoms with E-state index in [9.17, 15) is 14.4 Å². The van der Waals surface area contributed by atoms with Gasteiger partial charge in [-0.15, -0.1) is 0 Å². The average Bonchev–Trinajstić information content (AvgIpc) is 3.36. The van der Waals surface area contributed by atoms with Gasteiger partial charge in [0, 0.05) is 13.1 Å². The van der Waals surface area contributed by atoms with E-state index in [4.69, 9.17) is 30.2 Å². The Balaban J connectivity index is 1.92. The molecule has 0 saturated carbocycles. The molecule has 2 aromatic heterocycles. The van der Waals surface area contributed by atoms with Crippen molar-refractivity contribution in [3.05, 3.63) is 76.9 Å². The van der Waals surface area contributed by atoms with Gasteiger partial charge in [0.15, 0.2) is 22.9 Å². The lowest BCUT2D eigenvalue weighted by Crippen LogP contribution is -2.34. The molecule has 0 atom stereocenters. The number of pyridine rings is 1.